The lowest BCUT2D eigenvalue weighted by Gasteiger charge is -2.19. The summed E-state index contributed by atoms with van der Waals surface area (Å²) in [5.41, 5.74) is -0.266. The molecule has 6 heteroatoms. The SMILES string of the molecule is CCCC(CCNS(=O)(=O)CC(C)(C)C)CCC(=O)O. The Bertz CT molecular complexity index is 384. The molecule has 0 aromatic carbocycles. The topological polar surface area (TPSA) is 83.5 Å². The molecule has 120 valence electrons. The van der Waals surface area contributed by atoms with Gasteiger partial charge in [0.25, 0.3) is 0 Å². The van der Waals surface area contributed by atoms with Crippen molar-refractivity contribution in [3.05, 3.63) is 0 Å². The van der Waals surface area contributed by atoms with E-state index in [2.05, 4.69) is 11.6 Å². The van der Waals surface area contributed by atoms with E-state index in [1.807, 2.05) is 20.8 Å². The molecule has 0 heterocycles. The fraction of sp³-hybridized carbons (Fsp3) is 0.929. The monoisotopic (exact) mass is 307 g/mol. The number of carboxylic acid groups (broad SMARTS) is 1. The summed E-state index contributed by atoms with van der Waals surface area (Å²) in [5, 5.41) is 8.70. The van der Waals surface area contributed by atoms with Crippen LogP contribution in [-0.4, -0.2) is 31.8 Å². The van der Waals surface area contributed by atoms with Crippen LogP contribution in [0.1, 0.15) is 59.8 Å². The molecule has 0 rings (SSSR count). The molecule has 2 N–H and O–H groups in total. The minimum absolute atomic E-state index is 0.105. The standard InChI is InChI=1S/C14H29NO4S/c1-5-6-12(7-8-13(16)17)9-10-15-20(18,19)11-14(2,3)4/h12,15H,5-11H2,1-4H3,(H,16,17). The van der Waals surface area contributed by atoms with Gasteiger partial charge >= 0.3 is 5.97 Å². The quantitative estimate of drug-likeness (QED) is 0.650. The molecule has 0 saturated carbocycles. The predicted octanol–water partition coefficient (Wildman–Crippen LogP) is 2.62. The molecular formula is C14H29NO4S. The first kappa shape index (κ1) is 19.4. The second kappa shape index (κ2) is 8.62. The van der Waals surface area contributed by atoms with Crippen molar-refractivity contribution in [3.8, 4) is 0 Å². The van der Waals surface area contributed by atoms with Crippen molar-refractivity contribution in [2.45, 2.75) is 59.8 Å². The number of sulfonamides is 1. The maximum absolute atomic E-state index is 11.8. The van der Waals surface area contributed by atoms with Crippen LogP contribution in [0, 0.1) is 11.3 Å². The first-order valence-corrected chi connectivity index (χ1v) is 8.90. The van der Waals surface area contributed by atoms with Crippen LogP contribution in [-0.2, 0) is 14.8 Å². The van der Waals surface area contributed by atoms with Gasteiger partial charge in [-0.3, -0.25) is 4.79 Å². The Hall–Kier alpha value is -0.620. The molecule has 0 fully saturated rings. The number of aliphatic carboxylic acids is 1. The lowest BCUT2D eigenvalue weighted by molar-refractivity contribution is -0.137. The zero-order valence-electron chi connectivity index (χ0n) is 13.1. The van der Waals surface area contributed by atoms with Crippen LogP contribution in [0.2, 0.25) is 0 Å². The van der Waals surface area contributed by atoms with Gasteiger partial charge in [0.2, 0.25) is 10.0 Å². The highest BCUT2D eigenvalue weighted by atomic mass is 32.2. The van der Waals surface area contributed by atoms with E-state index in [0.717, 1.165) is 12.8 Å². The third-order valence-corrected chi connectivity index (χ3v) is 4.85. The molecule has 0 radical (unpaired) electrons. The Morgan fingerprint density at radius 3 is 2.25 bits per heavy atom. The molecule has 0 aliphatic rings. The summed E-state index contributed by atoms with van der Waals surface area (Å²) in [6.07, 6.45) is 3.39. The molecule has 0 spiro atoms. The van der Waals surface area contributed by atoms with Crippen molar-refractivity contribution < 1.29 is 18.3 Å². The molecule has 0 amide bonds. The number of rotatable bonds is 10. The average Bonchev–Trinajstić information content (AvgIpc) is 2.22. The molecule has 1 unspecified atom stereocenters. The molecule has 0 aliphatic heterocycles. The second-order valence-corrected chi connectivity index (χ2v) is 8.40. The van der Waals surface area contributed by atoms with E-state index in [0.29, 0.717) is 19.4 Å². The summed E-state index contributed by atoms with van der Waals surface area (Å²) < 4.78 is 26.3. The van der Waals surface area contributed by atoms with Crippen molar-refractivity contribution in [3.63, 3.8) is 0 Å². The third-order valence-electron chi connectivity index (χ3n) is 2.96. The smallest absolute Gasteiger partial charge is 0.303 e. The Morgan fingerprint density at radius 1 is 1.20 bits per heavy atom. The maximum atomic E-state index is 11.8. The number of carboxylic acids is 1. The molecule has 0 aromatic rings. The Labute approximate surface area is 123 Å². The molecule has 20 heavy (non-hydrogen) atoms. The highest BCUT2D eigenvalue weighted by Gasteiger charge is 2.21. The average molecular weight is 307 g/mol. The van der Waals surface area contributed by atoms with Crippen molar-refractivity contribution in [1.29, 1.82) is 0 Å². The highest BCUT2D eigenvalue weighted by molar-refractivity contribution is 7.89. The summed E-state index contributed by atoms with van der Waals surface area (Å²) in [7, 11) is -3.25. The van der Waals surface area contributed by atoms with Gasteiger partial charge < -0.3 is 5.11 Å². The Kier molecular flexibility index (Phi) is 8.35. The van der Waals surface area contributed by atoms with Crippen molar-refractivity contribution in [2.75, 3.05) is 12.3 Å². The lowest BCUT2D eigenvalue weighted by atomic mass is 9.95. The van der Waals surface area contributed by atoms with Gasteiger partial charge in [-0.2, -0.15) is 0 Å². The molecule has 0 aliphatic carbocycles. The summed E-state index contributed by atoms with van der Waals surface area (Å²) in [5.74, 6) is -0.416. The molecule has 1 atom stereocenters. The molecule has 0 aromatic heterocycles. The van der Waals surface area contributed by atoms with Crippen LogP contribution in [0.5, 0.6) is 0 Å². The van der Waals surface area contributed by atoms with E-state index in [1.165, 1.54) is 0 Å². The van der Waals surface area contributed by atoms with E-state index < -0.39 is 16.0 Å². The van der Waals surface area contributed by atoms with Crippen LogP contribution in [0.15, 0.2) is 0 Å². The molecule has 0 saturated heterocycles. The molecule has 0 bridgehead atoms. The highest BCUT2D eigenvalue weighted by Crippen LogP contribution is 2.18. The normalized spacial score (nSPS) is 14.2. The minimum atomic E-state index is -3.25. The number of nitrogens with one attached hydrogen (secondary N) is 1. The van der Waals surface area contributed by atoms with Crippen LogP contribution >= 0.6 is 0 Å². The molecular weight excluding hydrogens is 278 g/mol. The van der Waals surface area contributed by atoms with Gasteiger partial charge in [-0.1, -0.05) is 40.5 Å². The van der Waals surface area contributed by atoms with Crippen LogP contribution in [0.3, 0.4) is 0 Å². The first-order chi connectivity index (χ1) is 9.06. The third kappa shape index (κ3) is 11.2. The van der Waals surface area contributed by atoms with Crippen LogP contribution in [0.25, 0.3) is 0 Å². The van der Waals surface area contributed by atoms with Crippen molar-refractivity contribution >= 4 is 16.0 Å². The first-order valence-electron chi connectivity index (χ1n) is 7.25. The second-order valence-electron chi connectivity index (χ2n) is 6.59. The van der Waals surface area contributed by atoms with Crippen molar-refractivity contribution in [1.82, 2.24) is 4.72 Å². The van der Waals surface area contributed by atoms with Gasteiger partial charge in [0.1, 0.15) is 0 Å². The summed E-state index contributed by atoms with van der Waals surface area (Å²) in [6.45, 7) is 8.11. The molecule has 5 nitrogen and oxygen atoms in total. The summed E-state index contributed by atoms with van der Waals surface area (Å²) in [6, 6.07) is 0. The largest absolute Gasteiger partial charge is 0.481 e. The zero-order chi connectivity index (χ0) is 15.8. The summed E-state index contributed by atoms with van der Waals surface area (Å²) in [4.78, 5) is 10.6. The van der Waals surface area contributed by atoms with E-state index in [9.17, 15) is 13.2 Å². The fourth-order valence-electron chi connectivity index (χ4n) is 2.21. The number of carbonyl (C=O) groups is 1. The number of hydrogen-bond acceptors (Lipinski definition) is 3. The van der Waals surface area contributed by atoms with Crippen molar-refractivity contribution in [2.24, 2.45) is 11.3 Å². The van der Waals surface area contributed by atoms with E-state index in [1.54, 1.807) is 0 Å². The zero-order valence-corrected chi connectivity index (χ0v) is 13.9. The van der Waals surface area contributed by atoms with Gasteiger partial charge in [-0.05, 0) is 24.2 Å². The van der Waals surface area contributed by atoms with E-state index in [4.69, 9.17) is 5.11 Å². The van der Waals surface area contributed by atoms with Gasteiger partial charge in [0.15, 0.2) is 0 Å². The van der Waals surface area contributed by atoms with Gasteiger partial charge in [0, 0.05) is 13.0 Å². The fourth-order valence-corrected chi connectivity index (χ4v) is 3.88. The van der Waals surface area contributed by atoms with Crippen LogP contribution < -0.4 is 4.72 Å². The summed E-state index contributed by atoms with van der Waals surface area (Å²) >= 11 is 0. The minimum Gasteiger partial charge on any atom is -0.481 e. The Balaban J connectivity index is 4.19. The maximum Gasteiger partial charge on any atom is 0.303 e. The van der Waals surface area contributed by atoms with E-state index >= 15 is 0 Å². The van der Waals surface area contributed by atoms with E-state index in [-0.39, 0.29) is 23.5 Å². The predicted molar refractivity (Wildman–Crippen MR) is 81.1 cm³/mol. The van der Waals surface area contributed by atoms with Gasteiger partial charge in [0.05, 0.1) is 5.75 Å². The van der Waals surface area contributed by atoms with Gasteiger partial charge in [-0.15, -0.1) is 0 Å². The van der Waals surface area contributed by atoms with Crippen LogP contribution in [0.4, 0.5) is 0 Å². The lowest BCUT2D eigenvalue weighted by Crippen LogP contribution is -2.33. The number of hydrogen-bond donors (Lipinski definition) is 2. The van der Waals surface area contributed by atoms with Gasteiger partial charge in [-0.25, -0.2) is 13.1 Å². The Morgan fingerprint density at radius 2 is 1.80 bits per heavy atom.